The number of aryl methyl sites for hydroxylation is 2. The van der Waals surface area contributed by atoms with E-state index in [4.69, 9.17) is 14.2 Å². The quantitative estimate of drug-likeness (QED) is 0.380. The molecule has 9 heteroatoms. The number of fused-ring (bicyclic) bond motifs is 1. The lowest BCUT2D eigenvalue weighted by atomic mass is 10.2. The average molecular weight is 430 g/mol. The summed E-state index contributed by atoms with van der Waals surface area (Å²) < 4.78 is 17.0. The number of carbonyl (C=O) groups excluding carboxylic acids is 2. The summed E-state index contributed by atoms with van der Waals surface area (Å²) in [7, 11) is 0. The number of nitrogens with zero attached hydrogens (tertiary/aromatic N) is 2. The first-order chi connectivity index (χ1) is 14.5. The van der Waals surface area contributed by atoms with E-state index in [2.05, 4.69) is 4.98 Å². The molecule has 158 valence electrons. The lowest BCUT2D eigenvalue weighted by Crippen LogP contribution is -2.22. The number of ether oxygens (including phenoxy) is 3. The fraction of sp³-hybridized carbons (Fsp3) is 0.333. The van der Waals surface area contributed by atoms with E-state index < -0.39 is 5.97 Å². The van der Waals surface area contributed by atoms with Gasteiger partial charge in [0.25, 0.3) is 5.56 Å². The SMILES string of the molecule is CCOC(=O)CCn1cnc2sc(C(=O)OCCOc3ccccc3)c(C)c2c1=O. The maximum atomic E-state index is 12.8. The summed E-state index contributed by atoms with van der Waals surface area (Å²) in [6, 6.07) is 9.23. The Morgan fingerprint density at radius 3 is 2.63 bits per heavy atom. The van der Waals surface area contributed by atoms with Crippen LogP contribution in [0.15, 0.2) is 41.5 Å². The Morgan fingerprint density at radius 1 is 1.13 bits per heavy atom. The van der Waals surface area contributed by atoms with Gasteiger partial charge in [0.2, 0.25) is 0 Å². The molecule has 3 aromatic rings. The van der Waals surface area contributed by atoms with E-state index >= 15 is 0 Å². The molecule has 1 aromatic carbocycles. The number of rotatable bonds is 9. The largest absolute Gasteiger partial charge is 0.490 e. The lowest BCUT2D eigenvalue weighted by molar-refractivity contribution is -0.143. The van der Waals surface area contributed by atoms with Gasteiger partial charge in [-0.15, -0.1) is 11.3 Å². The molecule has 0 fully saturated rings. The Bertz CT molecular complexity index is 1090. The second kappa shape index (κ2) is 10.0. The summed E-state index contributed by atoms with van der Waals surface area (Å²) >= 11 is 1.11. The lowest BCUT2D eigenvalue weighted by Gasteiger charge is -2.07. The highest BCUT2D eigenvalue weighted by molar-refractivity contribution is 7.20. The standard InChI is InChI=1S/C21H22N2O6S/c1-3-27-16(24)9-10-23-13-22-19-17(20(23)25)14(2)18(30-19)21(26)29-12-11-28-15-7-5-4-6-8-15/h4-8,13H,3,9-12H2,1-2H3. The van der Waals surface area contributed by atoms with Gasteiger partial charge in [-0.3, -0.25) is 14.2 Å². The second-order valence-electron chi connectivity index (χ2n) is 6.33. The molecule has 2 heterocycles. The Labute approximate surface area is 177 Å². The van der Waals surface area contributed by atoms with Crippen LogP contribution < -0.4 is 10.3 Å². The number of hydrogen-bond donors (Lipinski definition) is 0. The zero-order valence-electron chi connectivity index (χ0n) is 16.8. The summed E-state index contributed by atoms with van der Waals surface area (Å²) in [5.74, 6) is -0.211. The predicted molar refractivity (Wildman–Crippen MR) is 112 cm³/mol. The molecule has 0 aliphatic heterocycles. The van der Waals surface area contributed by atoms with Crippen LogP contribution in [0.3, 0.4) is 0 Å². The summed E-state index contributed by atoms with van der Waals surface area (Å²) in [6.07, 6.45) is 1.45. The van der Waals surface area contributed by atoms with Gasteiger partial charge in [-0.1, -0.05) is 18.2 Å². The molecule has 0 amide bonds. The van der Waals surface area contributed by atoms with E-state index in [-0.39, 0.29) is 44.3 Å². The third-order valence-electron chi connectivity index (χ3n) is 4.29. The van der Waals surface area contributed by atoms with Gasteiger partial charge in [0.15, 0.2) is 0 Å². The van der Waals surface area contributed by atoms with Crippen molar-refractivity contribution in [3.8, 4) is 5.75 Å². The van der Waals surface area contributed by atoms with Gasteiger partial charge in [0.05, 0.1) is 24.7 Å². The minimum Gasteiger partial charge on any atom is -0.490 e. The van der Waals surface area contributed by atoms with Gasteiger partial charge in [-0.2, -0.15) is 0 Å². The van der Waals surface area contributed by atoms with Crippen LogP contribution in [0.25, 0.3) is 10.2 Å². The number of hydrogen-bond acceptors (Lipinski definition) is 8. The Hall–Kier alpha value is -3.20. The van der Waals surface area contributed by atoms with Crippen molar-refractivity contribution < 1.29 is 23.8 Å². The highest BCUT2D eigenvalue weighted by atomic mass is 32.1. The second-order valence-corrected chi connectivity index (χ2v) is 7.33. The molecule has 3 rings (SSSR count). The van der Waals surface area contributed by atoms with Crippen molar-refractivity contribution in [2.45, 2.75) is 26.8 Å². The van der Waals surface area contributed by atoms with Crippen LogP contribution in [0.4, 0.5) is 0 Å². The zero-order valence-corrected chi connectivity index (χ0v) is 17.6. The van der Waals surface area contributed by atoms with Crippen molar-refractivity contribution in [2.24, 2.45) is 0 Å². The topological polar surface area (TPSA) is 96.7 Å². The van der Waals surface area contributed by atoms with Gasteiger partial charge in [-0.05, 0) is 31.5 Å². The highest BCUT2D eigenvalue weighted by Crippen LogP contribution is 2.27. The molecule has 0 aliphatic carbocycles. The molecule has 0 bridgehead atoms. The number of para-hydroxylation sites is 1. The van der Waals surface area contributed by atoms with E-state index in [0.717, 1.165) is 11.3 Å². The molecule has 8 nitrogen and oxygen atoms in total. The van der Waals surface area contributed by atoms with Crippen LogP contribution in [0.2, 0.25) is 0 Å². The molecular formula is C21H22N2O6S. The van der Waals surface area contributed by atoms with Crippen molar-refractivity contribution in [1.29, 1.82) is 0 Å². The number of benzene rings is 1. The Morgan fingerprint density at radius 2 is 1.90 bits per heavy atom. The molecule has 30 heavy (non-hydrogen) atoms. The van der Waals surface area contributed by atoms with Crippen molar-refractivity contribution in [1.82, 2.24) is 9.55 Å². The minimum atomic E-state index is -0.523. The average Bonchev–Trinajstić information content (AvgIpc) is 3.09. The molecule has 0 aliphatic rings. The molecule has 0 atom stereocenters. The smallest absolute Gasteiger partial charge is 0.348 e. The van der Waals surface area contributed by atoms with Crippen LogP contribution in [0, 0.1) is 6.92 Å². The molecule has 2 aromatic heterocycles. The maximum Gasteiger partial charge on any atom is 0.348 e. The molecule has 0 radical (unpaired) electrons. The van der Waals surface area contributed by atoms with Gasteiger partial charge < -0.3 is 14.2 Å². The monoisotopic (exact) mass is 430 g/mol. The van der Waals surface area contributed by atoms with Crippen molar-refractivity contribution in [3.05, 3.63) is 57.5 Å². The number of esters is 2. The van der Waals surface area contributed by atoms with E-state index in [9.17, 15) is 14.4 Å². The Kier molecular flexibility index (Phi) is 7.18. The van der Waals surface area contributed by atoms with E-state index in [0.29, 0.717) is 26.4 Å². The molecule has 0 N–H and O–H groups in total. The van der Waals surface area contributed by atoms with Gasteiger partial charge in [0, 0.05) is 6.54 Å². The summed E-state index contributed by atoms with van der Waals surface area (Å²) in [6.45, 7) is 4.16. The Balaban J connectivity index is 1.66. The summed E-state index contributed by atoms with van der Waals surface area (Å²) in [4.78, 5) is 41.8. The van der Waals surface area contributed by atoms with E-state index in [1.165, 1.54) is 10.9 Å². The molecular weight excluding hydrogens is 408 g/mol. The molecule has 0 spiro atoms. The van der Waals surface area contributed by atoms with Gasteiger partial charge in [-0.25, -0.2) is 9.78 Å². The predicted octanol–water partition coefficient (Wildman–Crippen LogP) is 2.96. The molecule has 0 unspecified atom stereocenters. The van der Waals surface area contributed by atoms with Crippen LogP contribution in [0.1, 0.15) is 28.6 Å². The fourth-order valence-corrected chi connectivity index (χ4v) is 3.87. The number of carbonyl (C=O) groups is 2. The number of aromatic nitrogens is 2. The first-order valence-corrected chi connectivity index (χ1v) is 10.3. The highest BCUT2D eigenvalue weighted by Gasteiger charge is 2.20. The zero-order chi connectivity index (χ0) is 21.5. The fourth-order valence-electron chi connectivity index (χ4n) is 2.83. The molecule has 0 saturated heterocycles. The first-order valence-electron chi connectivity index (χ1n) is 9.50. The van der Waals surface area contributed by atoms with Crippen LogP contribution in [-0.4, -0.2) is 41.3 Å². The van der Waals surface area contributed by atoms with Crippen LogP contribution in [-0.2, 0) is 20.8 Å². The van der Waals surface area contributed by atoms with Crippen LogP contribution >= 0.6 is 11.3 Å². The van der Waals surface area contributed by atoms with Gasteiger partial charge >= 0.3 is 11.9 Å². The third-order valence-corrected chi connectivity index (χ3v) is 5.47. The van der Waals surface area contributed by atoms with E-state index in [1.807, 2.05) is 30.3 Å². The van der Waals surface area contributed by atoms with Crippen molar-refractivity contribution in [2.75, 3.05) is 19.8 Å². The number of thiophene rings is 1. The minimum absolute atomic E-state index is 0.0699. The first kappa shape index (κ1) is 21.5. The van der Waals surface area contributed by atoms with Crippen molar-refractivity contribution >= 4 is 33.5 Å². The summed E-state index contributed by atoms with van der Waals surface area (Å²) in [5, 5.41) is 0.360. The van der Waals surface area contributed by atoms with E-state index in [1.54, 1.807) is 13.8 Å². The van der Waals surface area contributed by atoms with Gasteiger partial charge in [0.1, 0.15) is 28.7 Å². The third kappa shape index (κ3) is 5.04. The van der Waals surface area contributed by atoms with Crippen LogP contribution in [0.5, 0.6) is 5.75 Å². The molecule has 0 saturated carbocycles. The summed E-state index contributed by atoms with van der Waals surface area (Å²) in [5.41, 5.74) is 0.219. The normalized spacial score (nSPS) is 10.7. The van der Waals surface area contributed by atoms with Crippen molar-refractivity contribution in [3.63, 3.8) is 0 Å². The maximum absolute atomic E-state index is 12.8.